The zero-order valence-electron chi connectivity index (χ0n) is 15.3. The summed E-state index contributed by atoms with van der Waals surface area (Å²) in [6.07, 6.45) is 3.19. The van der Waals surface area contributed by atoms with Crippen molar-refractivity contribution in [2.45, 2.75) is 37.7 Å². The molecule has 25 heavy (non-hydrogen) atoms. The number of methoxy groups -OCH3 is 1. The minimum absolute atomic E-state index is 0.0465. The third kappa shape index (κ3) is 3.88. The monoisotopic (exact) mass is 339 g/mol. The molecule has 0 aromatic heterocycles. The molecule has 0 amide bonds. The van der Waals surface area contributed by atoms with Gasteiger partial charge >= 0.3 is 0 Å². The highest BCUT2D eigenvalue weighted by Gasteiger charge is 2.39. The standard InChI is InChI=1S/C22H29NO2/c1-3-22(24,19-11-13-20(25-2)14-12-19)21(17-23-15-7-8-16-23)18-9-5-4-6-10-18/h4-6,9-14,21,24H,3,7-8,15-17H2,1-2H3/t21-,22+/m0/s1. The molecule has 3 rings (SSSR count). The van der Waals surface area contributed by atoms with E-state index in [1.165, 1.54) is 18.4 Å². The minimum atomic E-state index is -0.893. The maximum Gasteiger partial charge on any atom is 0.118 e. The molecule has 2 atom stereocenters. The van der Waals surface area contributed by atoms with Gasteiger partial charge in [0, 0.05) is 12.5 Å². The Labute approximate surface area is 151 Å². The van der Waals surface area contributed by atoms with Gasteiger partial charge in [0.2, 0.25) is 0 Å². The summed E-state index contributed by atoms with van der Waals surface area (Å²) in [6, 6.07) is 18.3. The van der Waals surface area contributed by atoms with Crippen molar-refractivity contribution in [2.24, 2.45) is 0 Å². The molecule has 3 nitrogen and oxygen atoms in total. The van der Waals surface area contributed by atoms with Crippen LogP contribution in [0.25, 0.3) is 0 Å². The minimum Gasteiger partial charge on any atom is -0.497 e. The first kappa shape index (κ1) is 18.0. The lowest BCUT2D eigenvalue weighted by Gasteiger charge is -2.38. The topological polar surface area (TPSA) is 32.7 Å². The predicted octanol–water partition coefficient (Wildman–Crippen LogP) is 4.17. The quantitative estimate of drug-likeness (QED) is 0.822. The van der Waals surface area contributed by atoms with Gasteiger partial charge in [-0.3, -0.25) is 0 Å². The Morgan fingerprint density at radius 1 is 1.04 bits per heavy atom. The van der Waals surface area contributed by atoms with Gasteiger partial charge in [0.05, 0.1) is 12.7 Å². The molecule has 3 heteroatoms. The Hall–Kier alpha value is -1.84. The van der Waals surface area contributed by atoms with Crippen LogP contribution in [-0.2, 0) is 5.60 Å². The average molecular weight is 339 g/mol. The van der Waals surface area contributed by atoms with Crippen molar-refractivity contribution in [3.8, 4) is 5.75 Å². The van der Waals surface area contributed by atoms with Gasteiger partial charge in [0.15, 0.2) is 0 Å². The number of nitrogens with zero attached hydrogens (tertiary/aromatic N) is 1. The van der Waals surface area contributed by atoms with E-state index in [1.54, 1.807) is 7.11 Å². The summed E-state index contributed by atoms with van der Waals surface area (Å²) in [4.78, 5) is 2.49. The lowest BCUT2D eigenvalue weighted by Crippen LogP contribution is -2.40. The highest BCUT2D eigenvalue weighted by molar-refractivity contribution is 5.35. The molecule has 1 heterocycles. The SMILES string of the molecule is CC[C@@](O)(c1ccc(OC)cc1)[C@@H](CN1CCCC1)c1ccccc1. The van der Waals surface area contributed by atoms with Gasteiger partial charge in [0.25, 0.3) is 0 Å². The van der Waals surface area contributed by atoms with E-state index in [0.717, 1.165) is 30.9 Å². The van der Waals surface area contributed by atoms with E-state index >= 15 is 0 Å². The Morgan fingerprint density at radius 3 is 2.24 bits per heavy atom. The summed E-state index contributed by atoms with van der Waals surface area (Å²) in [7, 11) is 1.67. The van der Waals surface area contributed by atoms with Crippen LogP contribution in [0.2, 0.25) is 0 Å². The van der Waals surface area contributed by atoms with Gasteiger partial charge < -0.3 is 14.7 Å². The van der Waals surface area contributed by atoms with Crippen LogP contribution in [0.1, 0.15) is 43.2 Å². The highest BCUT2D eigenvalue weighted by Crippen LogP contribution is 2.41. The van der Waals surface area contributed by atoms with Crippen molar-refractivity contribution in [3.63, 3.8) is 0 Å². The Kier molecular flexibility index (Phi) is 5.77. The molecule has 1 N–H and O–H groups in total. The van der Waals surface area contributed by atoms with Gasteiger partial charge in [-0.05, 0) is 55.6 Å². The lowest BCUT2D eigenvalue weighted by molar-refractivity contribution is -0.00677. The van der Waals surface area contributed by atoms with E-state index in [2.05, 4.69) is 36.1 Å². The van der Waals surface area contributed by atoms with Crippen LogP contribution in [0.4, 0.5) is 0 Å². The van der Waals surface area contributed by atoms with Crippen LogP contribution >= 0.6 is 0 Å². The lowest BCUT2D eigenvalue weighted by atomic mass is 9.75. The number of hydrogen-bond donors (Lipinski definition) is 1. The second kappa shape index (κ2) is 8.03. The molecule has 0 saturated carbocycles. The molecule has 0 bridgehead atoms. The molecule has 0 spiro atoms. The number of benzene rings is 2. The predicted molar refractivity (Wildman–Crippen MR) is 102 cm³/mol. The number of ether oxygens (including phenoxy) is 1. The van der Waals surface area contributed by atoms with Gasteiger partial charge in [0.1, 0.15) is 5.75 Å². The van der Waals surface area contributed by atoms with E-state index in [0.29, 0.717) is 6.42 Å². The van der Waals surface area contributed by atoms with E-state index in [-0.39, 0.29) is 5.92 Å². The van der Waals surface area contributed by atoms with Gasteiger partial charge in [-0.1, -0.05) is 49.4 Å². The third-order valence-corrected chi connectivity index (χ3v) is 5.55. The molecular formula is C22H29NO2. The second-order valence-electron chi connectivity index (χ2n) is 6.98. The summed E-state index contributed by atoms with van der Waals surface area (Å²) in [5, 5.41) is 11.8. The van der Waals surface area contributed by atoms with Crippen molar-refractivity contribution in [3.05, 3.63) is 65.7 Å². The molecule has 0 radical (unpaired) electrons. The van der Waals surface area contributed by atoms with Crippen molar-refractivity contribution in [1.29, 1.82) is 0 Å². The second-order valence-corrected chi connectivity index (χ2v) is 6.98. The summed E-state index contributed by atoms with van der Waals surface area (Å²) in [6.45, 7) is 5.22. The first-order chi connectivity index (χ1) is 12.2. The van der Waals surface area contributed by atoms with Crippen LogP contribution in [0.5, 0.6) is 5.75 Å². The normalized spacial score (nSPS) is 18.7. The number of rotatable bonds is 7. The van der Waals surface area contributed by atoms with Crippen LogP contribution in [0.3, 0.4) is 0 Å². The molecule has 1 saturated heterocycles. The molecule has 134 valence electrons. The molecule has 0 aliphatic carbocycles. The summed E-state index contributed by atoms with van der Waals surface area (Å²) < 4.78 is 5.28. The van der Waals surface area contributed by atoms with Crippen molar-refractivity contribution >= 4 is 0 Å². The molecule has 2 aromatic carbocycles. The first-order valence-electron chi connectivity index (χ1n) is 9.31. The summed E-state index contributed by atoms with van der Waals surface area (Å²) >= 11 is 0. The van der Waals surface area contributed by atoms with E-state index in [9.17, 15) is 5.11 Å². The number of likely N-dealkylation sites (tertiary alicyclic amines) is 1. The van der Waals surface area contributed by atoms with Crippen molar-refractivity contribution in [1.82, 2.24) is 4.90 Å². The first-order valence-corrected chi connectivity index (χ1v) is 9.31. The van der Waals surface area contributed by atoms with E-state index < -0.39 is 5.60 Å². The Bertz CT molecular complexity index is 649. The Morgan fingerprint density at radius 2 is 1.68 bits per heavy atom. The molecule has 1 fully saturated rings. The largest absolute Gasteiger partial charge is 0.497 e. The zero-order valence-corrected chi connectivity index (χ0v) is 15.3. The average Bonchev–Trinajstić information content (AvgIpc) is 3.19. The summed E-state index contributed by atoms with van der Waals surface area (Å²) in [5.41, 5.74) is 1.27. The van der Waals surface area contributed by atoms with Crippen LogP contribution < -0.4 is 4.74 Å². The van der Waals surface area contributed by atoms with Crippen molar-refractivity contribution in [2.75, 3.05) is 26.7 Å². The highest BCUT2D eigenvalue weighted by atomic mass is 16.5. The van der Waals surface area contributed by atoms with E-state index in [1.807, 2.05) is 30.3 Å². The fourth-order valence-electron chi connectivity index (χ4n) is 3.97. The molecule has 1 aliphatic rings. The van der Waals surface area contributed by atoms with Crippen molar-refractivity contribution < 1.29 is 9.84 Å². The maximum atomic E-state index is 11.8. The van der Waals surface area contributed by atoms with Crippen LogP contribution in [-0.4, -0.2) is 36.8 Å². The van der Waals surface area contributed by atoms with Crippen LogP contribution in [0.15, 0.2) is 54.6 Å². The van der Waals surface area contributed by atoms with Gasteiger partial charge in [-0.2, -0.15) is 0 Å². The van der Waals surface area contributed by atoms with E-state index in [4.69, 9.17) is 4.74 Å². The van der Waals surface area contributed by atoms with Crippen LogP contribution in [0, 0.1) is 0 Å². The molecule has 2 aromatic rings. The number of aliphatic hydroxyl groups is 1. The fraction of sp³-hybridized carbons (Fsp3) is 0.455. The maximum absolute atomic E-state index is 11.8. The molecule has 1 aliphatic heterocycles. The smallest absolute Gasteiger partial charge is 0.118 e. The zero-order chi connectivity index (χ0) is 17.7. The summed E-state index contributed by atoms with van der Waals surface area (Å²) in [5.74, 6) is 0.864. The third-order valence-electron chi connectivity index (χ3n) is 5.55. The molecule has 0 unspecified atom stereocenters. The van der Waals surface area contributed by atoms with Gasteiger partial charge in [-0.15, -0.1) is 0 Å². The van der Waals surface area contributed by atoms with Gasteiger partial charge in [-0.25, -0.2) is 0 Å². The number of hydrogen-bond acceptors (Lipinski definition) is 3. The fourth-order valence-corrected chi connectivity index (χ4v) is 3.97. The Balaban J connectivity index is 1.97. The molecular weight excluding hydrogens is 310 g/mol.